The largest absolute Gasteiger partial charge is 0.339 e. The molecule has 0 aliphatic carbocycles. The van der Waals surface area contributed by atoms with E-state index in [0.717, 1.165) is 12.8 Å². The fourth-order valence-corrected chi connectivity index (χ4v) is 3.77. The van der Waals surface area contributed by atoms with E-state index in [-0.39, 0.29) is 16.7 Å². The molecule has 0 radical (unpaired) electrons. The number of carbonyl (C=O) groups excluding carboxylic acids is 1. The van der Waals surface area contributed by atoms with Crippen molar-refractivity contribution in [1.29, 1.82) is 0 Å². The first-order valence-corrected chi connectivity index (χ1v) is 10.6. The first kappa shape index (κ1) is 21.1. The Labute approximate surface area is 154 Å². The third-order valence-corrected chi connectivity index (χ3v) is 5.72. The molecule has 0 saturated carbocycles. The van der Waals surface area contributed by atoms with E-state index in [4.69, 9.17) is 0 Å². The predicted octanol–water partition coefficient (Wildman–Crippen LogP) is 3.65. The van der Waals surface area contributed by atoms with Crippen LogP contribution in [-0.2, 0) is 10.0 Å². The summed E-state index contributed by atoms with van der Waals surface area (Å²) < 4.78 is 27.9. The molecule has 5 nitrogen and oxygen atoms in total. The van der Waals surface area contributed by atoms with Crippen molar-refractivity contribution < 1.29 is 13.2 Å². The molecular weight excluding hydrogens is 392 g/mol. The summed E-state index contributed by atoms with van der Waals surface area (Å²) in [7, 11) is -3.62. The van der Waals surface area contributed by atoms with Crippen molar-refractivity contribution in [2.24, 2.45) is 5.92 Å². The van der Waals surface area contributed by atoms with Gasteiger partial charge >= 0.3 is 0 Å². The van der Waals surface area contributed by atoms with E-state index in [1.165, 1.54) is 12.1 Å². The Kier molecular flexibility index (Phi) is 8.39. The molecular formula is C17H27BrN2O3S. The summed E-state index contributed by atoms with van der Waals surface area (Å²) in [4.78, 5) is 14.6. The van der Waals surface area contributed by atoms with Crippen molar-refractivity contribution in [3.8, 4) is 0 Å². The Hall–Kier alpha value is -0.920. The minimum atomic E-state index is -3.62. The standard InChI is InChI=1S/C17H27BrN2O3S/c1-5-7-10-20(6-2)17(21)15-11-14(8-9-16(15)18)24(22,23)19-12-13(3)4/h8-9,11,13,19H,5-7,10,12H2,1-4H3. The van der Waals surface area contributed by atoms with Gasteiger partial charge in [-0.15, -0.1) is 0 Å². The van der Waals surface area contributed by atoms with Crippen LogP contribution in [0.5, 0.6) is 0 Å². The summed E-state index contributed by atoms with van der Waals surface area (Å²) in [6.45, 7) is 9.49. The highest BCUT2D eigenvalue weighted by Gasteiger charge is 2.21. The molecule has 0 unspecified atom stereocenters. The van der Waals surface area contributed by atoms with E-state index in [0.29, 0.717) is 29.7 Å². The lowest BCUT2D eigenvalue weighted by atomic mass is 10.2. The fourth-order valence-electron chi connectivity index (χ4n) is 2.12. The quantitative estimate of drug-likeness (QED) is 0.665. The zero-order chi connectivity index (χ0) is 18.3. The molecule has 1 aromatic carbocycles. The van der Waals surface area contributed by atoms with Crippen LogP contribution >= 0.6 is 15.9 Å². The predicted molar refractivity (Wildman–Crippen MR) is 101 cm³/mol. The van der Waals surface area contributed by atoms with Gasteiger partial charge in [0.1, 0.15) is 0 Å². The molecule has 7 heteroatoms. The molecule has 1 rings (SSSR count). The normalized spacial score (nSPS) is 11.8. The van der Waals surface area contributed by atoms with Gasteiger partial charge in [0.15, 0.2) is 0 Å². The highest BCUT2D eigenvalue weighted by atomic mass is 79.9. The Morgan fingerprint density at radius 3 is 2.50 bits per heavy atom. The van der Waals surface area contributed by atoms with Gasteiger partial charge in [0.2, 0.25) is 10.0 Å². The van der Waals surface area contributed by atoms with E-state index in [1.54, 1.807) is 11.0 Å². The van der Waals surface area contributed by atoms with E-state index >= 15 is 0 Å². The number of hydrogen-bond acceptors (Lipinski definition) is 3. The van der Waals surface area contributed by atoms with Gasteiger partial charge in [0.05, 0.1) is 10.5 Å². The van der Waals surface area contributed by atoms with Gasteiger partial charge < -0.3 is 4.90 Å². The Balaban J connectivity index is 3.11. The van der Waals surface area contributed by atoms with Gasteiger partial charge in [0.25, 0.3) is 5.91 Å². The van der Waals surface area contributed by atoms with Crippen molar-refractivity contribution in [2.75, 3.05) is 19.6 Å². The number of benzene rings is 1. The van der Waals surface area contributed by atoms with E-state index in [2.05, 4.69) is 27.6 Å². The molecule has 1 aromatic rings. The summed E-state index contributed by atoms with van der Waals surface area (Å²) in [5.74, 6) is 0.0553. The molecule has 0 heterocycles. The molecule has 0 atom stereocenters. The number of halogens is 1. The molecule has 0 aromatic heterocycles. The highest BCUT2D eigenvalue weighted by molar-refractivity contribution is 9.10. The number of rotatable bonds is 9. The number of amides is 1. The Bertz CT molecular complexity index is 660. The van der Waals surface area contributed by atoms with Gasteiger partial charge in [-0.05, 0) is 53.4 Å². The Morgan fingerprint density at radius 1 is 1.29 bits per heavy atom. The topological polar surface area (TPSA) is 66.5 Å². The second kappa shape index (κ2) is 9.53. The second-order valence-corrected chi connectivity index (χ2v) is 8.75. The summed E-state index contributed by atoms with van der Waals surface area (Å²) in [6.07, 6.45) is 1.92. The molecule has 24 heavy (non-hydrogen) atoms. The number of sulfonamides is 1. The zero-order valence-corrected chi connectivity index (χ0v) is 17.2. The van der Waals surface area contributed by atoms with Crippen LogP contribution in [0.25, 0.3) is 0 Å². The van der Waals surface area contributed by atoms with Crippen LogP contribution in [0.1, 0.15) is 50.9 Å². The minimum Gasteiger partial charge on any atom is -0.339 e. The van der Waals surface area contributed by atoms with Crippen LogP contribution in [0.4, 0.5) is 0 Å². The van der Waals surface area contributed by atoms with Crippen molar-refractivity contribution in [2.45, 2.75) is 45.4 Å². The van der Waals surface area contributed by atoms with Crippen LogP contribution in [0.15, 0.2) is 27.6 Å². The molecule has 136 valence electrons. The number of nitrogens with one attached hydrogen (secondary N) is 1. The third kappa shape index (κ3) is 5.86. The maximum Gasteiger partial charge on any atom is 0.255 e. The Morgan fingerprint density at radius 2 is 1.96 bits per heavy atom. The van der Waals surface area contributed by atoms with Crippen molar-refractivity contribution in [1.82, 2.24) is 9.62 Å². The SMILES string of the molecule is CCCCN(CC)C(=O)c1cc(S(=O)(=O)NCC(C)C)ccc1Br. The third-order valence-electron chi connectivity index (χ3n) is 3.61. The number of carbonyl (C=O) groups is 1. The average molecular weight is 419 g/mol. The van der Waals surface area contributed by atoms with Gasteiger partial charge in [-0.3, -0.25) is 4.79 Å². The lowest BCUT2D eigenvalue weighted by Crippen LogP contribution is -2.32. The van der Waals surface area contributed by atoms with Crippen LogP contribution in [0.2, 0.25) is 0 Å². The average Bonchev–Trinajstić information content (AvgIpc) is 2.53. The number of nitrogens with zero attached hydrogens (tertiary/aromatic N) is 1. The highest BCUT2D eigenvalue weighted by Crippen LogP contribution is 2.23. The molecule has 0 aliphatic rings. The molecule has 1 amide bonds. The minimum absolute atomic E-state index is 0.112. The van der Waals surface area contributed by atoms with Crippen molar-refractivity contribution in [3.05, 3.63) is 28.2 Å². The molecule has 1 N–H and O–H groups in total. The molecule has 0 saturated heterocycles. The van der Waals surface area contributed by atoms with Gasteiger partial charge in [0, 0.05) is 24.1 Å². The lowest BCUT2D eigenvalue weighted by molar-refractivity contribution is 0.0761. The monoisotopic (exact) mass is 418 g/mol. The number of hydrogen-bond donors (Lipinski definition) is 1. The van der Waals surface area contributed by atoms with Crippen molar-refractivity contribution in [3.63, 3.8) is 0 Å². The lowest BCUT2D eigenvalue weighted by Gasteiger charge is -2.21. The molecule has 0 bridgehead atoms. The maximum absolute atomic E-state index is 12.7. The summed E-state index contributed by atoms with van der Waals surface area (Å²) in [6, 6.07) is 4.57. The van der Waals surface area contributed by atoms with E-state index < -0.39 is 10.0 Å². The zero-order valence-electron chi connectivity index (χ0n) is 14.8. The first-order valence-electron chi connectivity index (χ1n) is 8.31. The van der Waals surface area contributed by atoms with Gasteiger partial charge in [-0.25, -0.2) is 13.1 Å². The van der Waals surface area contributed by atoms with Gasteiger partial charge in [-0.1, -0.05) is 27.2 Å². The molecule has 0 spiro atoms. The van der Waals surface area contributed by atoms with Crippen LogP contribution < -0.4 is 4.72 Å². The van der Waals surface area contributed by atoms with Crippen molar-refractivity contribution >= 4 is 31.9 Å². The fraction of sp³-hybridized carbons (Fsp3) is 0.588. The molecule has 0 aliphatic heterocycles. The van der Waals surface area contributed by atoms with E-state index in [1.807, 2.05) is 20.8 Å². The van der Waals surface area contributed by atoms with Crippen LogP contribution in [0.3, 0.4) is 0 Å². The maximum atomic E-state index is 12.7. The smallest absolute Gasteiger partial charge is 0.255 e. The van der Waals surface area contributed by atoms with Crippen LogP contribution in [-0.4, -0.2) is 38.9 Å². The summed E-state index contributed by atoms with van der Waals surface area (Å²) in [5, 5.41) is 0. The first-order chi connectivity index (χ1) is 11.2. The van der Waals surface area contributed by atoms with Gasteiger partial charge in [-0.2, -0.15) is 0 Å². The van der Waals surface area contributed by atoms with Crippen LogP contribution in [0, 0.1) is 5.92 Å². The number of unbranched alkanes of at least 4 members (excludes halogenated alkanes) is 1. The summed E-state index contributed by atoms with van der Waals surface area (Å²) in [5.41, 5.74) is 0.375. The summed E-state index contributed by atoms with van der Waals surface area (Å²) >= 11 is 3.36. The van der Waals surface area contributed by atoms with E-state index in [9.17, 15) is 13.2 Å². The molecule has 0 fully saturated rings. The second-order valence-electron chi connectivity index (χ2n) is 6.13.